The standard InChI is InChI=1S/C9H8OS/c1-2-8(10)7-5-3-4-6-9(7)11/h1,3-5,8,10H,6H2. The summed E-state index contributed by atoms with van der Waals surface area (Å²) in [6, 6.07) is 0. The Bertz CT molecular complexity index is 268. The molecule has 0 radical (unpaired) electrons. The third-order valence-corrected chi connectivity index (χ3v) is 1.89. The van der Waals surface area contributed by atoms with Crippen LogP contribution in [0.4, 0.5) is 0 Å². The van der Waals surface area contributed by atoms with Crippen molar-refractivity contribution in [3.05, 3.63) is 23.8 Å². The second-order valence-corrected chi connectivity index (χ2v) is 2.74. The minimum absolute atomic E-state index is 0.685. The summed E-state index contributed by atoms with van der Waals surface area (Å²) in [6.07, 6.45) is 10.5. The number of hydrogen-bond acceptors (Lipinski definition) is 2. The molecule has 1 N–H and O–H groups in total. The molecular weight excluding hydrogens is 156 g/mol. The Balaban J connectivity index is 2.86. The lowest BCUT2D eigenvalue weighted by Gasteiger charge is -2.11. The van der Waals surface area contributed by atoms with Gasteiger partial charge >= 0.3 is 0 Å². The molecule has 11 heavy (non-hydrogen) atoms. The molecular formula is C9H8OS. The molecule has 0 saturated carbocycles. The maximum atomic E-state index is 9.23. The molecule has 0 aromatic rings. The predicted octanol–water partition coefficient (Wildman–Crippen LogP) is 1.24. The fraction of sp³-hybridized carbons (Fsp3) is 0.222. The molecule has 0 saturated heterocycles. The van der Waals surface area contributed by atoms with Gasteiger partial charge in [-0.2, -0.15) is 0 Å². The normalized spacial score (nSPS) is 18.9. The van der Waals surface area contributed by atoms with E-state index in [1.54, 1.807) is 6.08 Å². The number of aliphatic hydroxyl groups excluding tert-OH is 1. The molecule has 0 spiro atoms. The first-order chi connectivity index (χ1) is 5.25. The molecule has 0 aromatic carbocycles. The second-order valence-electron chi connectivity index (χ2n) is 2.25. The van der Waals surface area contributed by atoms with Crippen LogP contribution in [0.5, 0.6) is 0 Å². The smallest absolute Gasteiger partial charge is 0.141 e. The molecule has 0 aliphatic heterocycles. The summed E-state index contributed by atoms with van der Waals surface area (Å²) >= 11 is 4.99. The maximum Gasteiger partial charge on any atom is 0.141 e. The molecule has 56 valence electrons. The Hall–Kier alpha value is -0.910. The highest BCUT2D eigenvalue weighted by molar-refractivity contribution is 7.80. The van der Waals surface area contributed by atoms with Gasteiger partial charge in [-0.15, -0.1) is 6.42 Å². The first kappa shape index (κ1) is 8.19. The Morgan fingerprint density at radius 2 is 2.45 bits per heavy atom. The van der Waals surface area contributed by atoms with Gasteiger partial charge in [-0.3, -0.25) is 0 Å². The van der Waals surface area contributed by atoms with Crippen molar-refractivity contribution in [1.29, 1.82) is 0 Å². The van der Waals surface area contributed by atoms with Crippen LogP contribution in [0.3, 0.4) is 0 Å². The monoisotopic (exact) mass is 164 g/mol. The number of aliphatic hydroxyl groups is 1. The van der Waals surface area contributed by atoms with Gasteiger partial charge in [-0.25, -0.2) is 0 Å². The van der Waals surface area contributed by atoms with E-state index in [0.29, 0.717) is 12.0 Å². The summed E-state index contributed by atoms with van der Waals surface area (Å²) in [4.78, 5) is 0.734. The van der Waals surface area contributed by atoms with E-state index in [9.17, 15) is 5.11 Å². The average Bonchev–Trinajstić information content (AvgIpc) is 2.04. The van der Waals surface area contributed by atoms with Crippen molar-refractivity contribution in [2.75, 3.05) is 0 Å². The third kappa shape index (κ3) is 1.76. The van der Waals surface area contributed by atoms with Crippen LogP contribution in [0, 0.1) is 12.3 Å². The Kier molecular flexibility index (Phi) is 2.58. The zero-order chi connectivity index (χ0) is 8.27. The van der Waals surface area contributed by atoms with Crippen LogP contribution in [0.2, 0.25) is 0 Å². The van der Waals surface area contributed by atoms with E-state index in [0.717, 1.165) is 4.86 Å². The van der Waals surface area contributed by atoms with E-state index in [4.69, 9.17) is 18.6 Å². The van der Waals surface area contributed by atoms with Crippen LogP contribution in [0.15, 0.2) is 23.8 Å². The molecule has 1 nitrogen and oxygen atoms in total. The van der Waals surface area contributed by atoms with Crippen LogP contribution in [-0.4, -0.2) is 16.1 Å². The lowest BCUT2D eigenvalue weighted by Crippen LogP contribution is -2.15. The summed E-state index contributed by atoms with van der Waals surface area (Å²) in [5.74, 6) is 2.23. The zero-order valence-electron chi connectivity index (χ0n) is 5.95. The summed E-state index contributed by atoms with van der Waals surface area (Å²) in [5, 5.41) is 9.23. The summed E-state index contributed by atoms with van der Waals surface area (Å²) in [6.45, 7) is 0. The summed E-state index contributed by atoms with van der Waals surface area (Å²) in [5.41, 5.74) is 0.685. The molecule has 0 bridgehead atoms. The zero-order valence-corrected chi connectivity index (χ0v) is 6.77. The molecule has 0 aromatic heterocycles. The number of hydrogen-bond donors (Lipinski definition) is 1. The van der Waals surface area contributed by atoms with E-state index in [-0.39, 0.29) is 0 Å². The van der Waals surface area contributed by atoms with Gasteiger partial charge in [-0.05, 0) is 0 Å². The van der Waals surface area contributed by atoms with Crippen molar-refractivity contribution in [3.63, 3.8) is 0 Å². The van der Waals surface area contributed by atoms with E-state index in [1.165, 1.54) is 0 Å². The van der Waals surface area contributed by atoms with Crippen molar-refractivity contribution >= 4 is 17.1 Å². The maximum absolute atomic E-state index is 9.23. The van der Waals surface area contributed by atoms with Crippen LogP contribution < -0.4 is 0 Å². The Morgan fingerprint density at radius 1 is 1.73 bits per heavy atom. The highest BCUT2D eigenvalue weighted by Gasteiger charge is 2.12. The third-order valence-electron chi connectivity index (χ3n) is 1.49. The van der Waals surface area contributed by atoms with Gasteiger partial charge in [0.15, 0.2) is 0 Å². The Morgan fingerprint density at radius 3 is 3.00 bits per heavy atom. The summed E-state index contributed by atoms with van der Waals surface area (Å²) in [7, 11) is 0. The average molecular weight is 164 g/mol. The van der Waals surface area contributed by atoms with Gasteiger partial charge in [0.1, 0.15) is 6.10 Å². The van der Waals surface area contributed by atoms with Gasteiger partial charge in [0, 0.05) is 16.9 Å². The van der Waals surface area contributed by atoms with Crippen molar-refractivity contribution in [3.8, 4) is 12.3 Å². The highest BCUT2D eigenvalue weighted by atomic mass is 32.1. The number of thiocarbonyl (C=S) groups is 1. The van der Waals surface area contributed by atoms with E-state index >= 15 is 0 Å². The van der Waals surface area contributed by atoms with Gasteiger partial charge in [-0.1, -0.05) is 36.4 Å². The molecule has 1 atom stereocenters. The van der Waals surface area contributed by atoms with E-state index in [2.05, 4.69) is 5.92 Å². The van der Waals surface area contributed by atoms with Crippen molar-refractivity contribution in [2.24, 2.45) is 0 Å². The van der Waals surface area contributed by atoms with Crippen LogP contribution >= 0.6 is 12.2 Å². The molecule has 1 rings (SSSR count). The lowest BCUT2D eigenvalue weighted by molar-refractivity contribution is 0.274. The fourth-order valence-electron chi connectivity index (χ4n) is 0.891. The van der Waals surface area contributed by atoms with Gasteiger partial charge in [0.25, 0.3) is 0 Å². The van der Waals surface area contributed by atoms with Gasteiger partial charge in [0.2, 0.25) is 0 Å². The second kappa shape index (κ2) is 3.47. The molecule has 2 heteroatoms. The number of terminal acetylenes is 1. The topological polar surface area (TPSA) is 20.2 Å². The van der Waals surface area contributed by atoms with Crippen LogP contribution in [-0.2, 0) is 0 Å². The molecule has 0 amide bonds. The largest absolute Gasteiger partial charge is 0.376 e. The molecule has 0 fully saturated rings. The van der Waals surface area contributed by atoms with Crippen molar-refractivity contribution in [1.82, 2.24) is 0 Å². The lowest BCUT2D eigenvalue weighted by atomic mass is 10.0. The van der Waals surface area contributed by atoms with Gasteiger partial charge in [0.05, 0.1) is 0 Å². The minimum Gasteiger partial charge on any atom is -0.376 e. The molecule has 1 unspecified atom stereocenters. The molecule has 1 aliphatic carbocycles. The van der Waals surface area contributed by atoms with E-state index in [1.807, 2.05) is 12.2 Å². The highest BCUT2D eigenvalue weighted by Crippen LogP contribution is 2.13. The van der Waals surface area contributed by atoms with Crippen LogP contribution in [0.25, 0.3) is 0 Å². The van der Waals surface area contributed by atoms with Gasteiger partial charge < -0.3 is 5.11 Å². The first-order valence-electron chi connectivity index (χ1n) is 3.30. The van der Waals surface area contributed by atoms with Crippen LogP contribution in [0.1, 0.15) is 6.42 Å². The van der Waals surface area contributed by atoms with E-state index < -0.39 is 6.10 Å². The Labute approximate surface area is 71.4 Å². The minimum atomic E-state index is -0.840. The molecule has 1 aliphatic rings. The molecule has 0 heterocycles. The summed E-state index contributed by atoms with van der Waals surface area (Å²) < 4.78 is 0. The quantitative estimate of drug-likeness (QED) is 0.465. The first-order valence-corrected chi connectivity index (χ1v) is 3.70. The fourth-order valence-corrected chi connectivity index (χ4v) is 1.17. The number of rotatable bonds is 1. The predicted molar refractivity (Wildman–Crippen MR) is 49.3 cm³/mol. The van der Waals surface area contributed by atoms with Crippen molar-refractivity contribution in [2.45, 2.75) is 12.5 Å². The number of allylic oxidation sites excluding steroid dienone is 3. The van der Waals surface area contributed by atoms with Crippen molar-refractivity contribution < 1.29 is 5.11 Å². The SMILES string of the molecule is C#CC(O)C1=CC=CCC1=S.